The standard InChI is InChI=1S/C30H43N3O3/c1-35-26-7-5-22(6-8-26)30(34)32-16-12-25(13-17-32)33-20-11-23-21-28(9-10-29(23)33)36-27-14-18-31(19-15-27)24-3-2-4-24/h9-11,20-22,24-27H,2-8,12-19H2,1H3. The number of aromatic nitrogens is 1. The molecule has 1 amide bonds. The van der Waals surface area contributed by atoms with E-state index in [1.165, 1.54) is 43.3 Å². The number of hydrogen-bond acceptors (Lipinski definition) is 4. The summed E-state index contributed by atoms with van der Waals surface area (Å²) in [4.78, 5) is 17.9. The Labute approximate surface area is 215 Å². The van der Waals surface area contributed by atoms with Crippen molar-refractivity contribution in [2.24, 2.45) is 5.92 Å². The molecule has 6 rings (SSSR count). The van der Waals surface area contributed by atoms with E-state index in [0.29, 0.717) is 24.2 Å². The summed E-state index contributed by atoms with van der Waals surface area (Å²) in [5.41, 5.74) is 1.28. The highest BCUT2D eigenvalue weighted by molar-refractivity contribution is 5.82. The summed E-state index contributed by atoms with van der Waals surface area (Å²) in [6, 6.07) is 10.2. The molecule has 6 heteroatoms. The highest BCUT2D eigenvalue weighted by Crippen LogP contribution is 2.33. The lowest BCUT2D eigenvalue weighted by Gasteiger charge is -2.41. The number of rotatable bonds is 6. The Morgan fingerprint density at radius 3 is 2.22 bits per heavy atom. The van der Waals surface area contributed by atoms with E-state index in [9.17, 15) is 4.79 Å². The monoisotopic (exact) mass is 493 g/mol. The normalized spacial score (nSPS) is 27.3. The maximum absolute atomic E-state index is 13.1. The van der Waals surface area contributed by atoms with Crippen molar-refractivity contribution in [3.63, 3.8) is 0 Å². The molecule has 2 aliphatic heterocycles. The van der Waals surface area contributed by atoms with Crippen LogP contribution in [0.5, 0.6) is 5.75 Å². The molecule has 6 nitrogen and oxygen atoms in total. The zero-order chi connectivity index (χ0) is 24.5. The number of benzene rings is 1. The molecule has 0 unspecified atom stereocenters. The summed E-state index contributed by atoms with van der Waals surface area (Å²) in [5, 5.41) is 1.26. The van der Waals surface area contributed by atoms with Gasteiger partial charge in [0, 0.05) is 68.4 Å². The van der Waals surface area contributed by atoms with Crippen LogP contribution in [0.3, 0.4) is 0 Å². The summed E-state index contributed by atoms with van der Waals surface area (Å²) < 4.78 is 14.3. The fraction of sp³-hybridized carbons (Fsp3) is 0.700. The molecule has 0 bridgehead atoms. The van der Waals surface area contributed by atoms with E-state index in [1.54, 1.807) is 7.11 Å². The number of hydrogen-bond donors (Lipinski definition) is 0. The summed E-state index contributed by atoms with van der Waals surface area (Å²) >= 11 is 0. The first kappa shape index (κ1) is 24.3. The van der Waals surface area contributed by atoms with Gasteiger partial charge in [0.15, 0.2) is 0 Å². The number of fused-ring (bicyclic) bond motifs is 1. The smallest absolute Gasteiger partial charge is 0.225 e. The summed E-state index contributed by atoms with van der Waals surface area (Å²) in [7, 11) is 1.79. The topological polar surface area (TPSA) is 46.9 Å². The number of nitrogens with zero attached hydrogens (tertiary/aromatic N) is 3. The van der Waals surface area contributed by atoms with Crippen LogP contribution in [-0.2, 0) is 9.53 Å². The molecule has 2 aromatic rings. The van der Waals surface area contributed by atoms with Crippen LogP contribution >= 0.6 is 0 Å². The van der Waals surface area contributed by atoms with Crippen LogP contribution in [0.15, 0.2) is 30.5 Å². The minimum absolute atomic E-state index is 0.198. The molecule has 4 aliphatic rings. The number of piperidine rings is 2. The van der Waals surface area contributed by atoms with Gasteiger partial charge in [0.1, 0.15) is 11.9 Å². The molecular weight excluding hydrogens is 450 g/mol. The van der Waals surface area contributed by atoms with E-state index in [-0.39, 0.29) is 5.92 Å². The van der Waals surface area contributed by atoms with Gasteiger partial charge in [0.05, 0.1) is 6.10 Å². The lowest BCUT2D eigenvalue weighted by molar-refractivity contribution is -0.138. The fourth-order valence-corrected chi connectivity index (χ4v) is 7.01. The third-order valence-electron chi connectivity index (χ3n) is 9.59. The van der Waals surface area contributed by atoms with Crippen LogP contribution in [0.4, 0.5) is 0 Å². The largest absolute Gasteiger partial charge is 0.490 e. The molecule has 2 saturated heterocycles. The average molecular weight is 494 g/mol. The van der Waals surface area contributed by atoms with E-state index in [1.807, 2.05) is 0 Å². The van der Waals surface area contributed by atoms with Gasteiger partial charge in [-0.05, 0) is 88.5 Å². The Morgan fingerprint density at radius 1 is 0.806 bits per heavy atom. The second-order valence-electron chi connectivity index (χ2n) is 11.6. The van der Waals surface area contributed by atoms with Crippen molar-refractivity contribution < 1.29 is 14.3 Å². The number of likely N-dealkylation sites (tertiary alicyclic amines) is 2. The zero-order valence-electron chi connectivity index (χ0n) is 21.9. The van der Waals surface area contributed by atoms with Crippen LogP contribution in [-0.4, -0.2) is 71.8 Å². The van der Waals surface area contributed by atoms with Crippen LogP contribution in [0, 0.1) is 5.92 Å². The van der Waals surface area contributed by atoms with Gasteiger partial charge in [-0.2, -0.15) is 0 Å². The quantitative estimate of drug-likeness (QED) is 0.540. The summed E-state index contributed by atoms with van der Waals surface area (Å²) in [5.74, 6) is 1.58. The first-order chi connectivity index (χ1) is 17.7. The first-order valence-corrected chi connectivity index (χ1v) is 14.5. The number of carbonyl (C=O) groups is 1. The highest BCUT2D eigenvalue weighted by Gasteiger charge is 2.32. The van der Waals surface area contributed by atoms with Crippen molar-refractivity contribution in [1.29, 1.82) is 0 Å². The van der Waals surface area contributed by atoms with Gasteiger partial charge >= 0.3 is 0 Å². The third-order valence-corrected chi connectivity index (χ3v) is 9.59. The molecule has 36 heavy (non-hydrogen) atoms. The Kier molecular flexibility index (Phi) is 7.25. The Hall–Kier alpha value is -2.05. The Balaban J connectivity index is 1.02. The van der Waals surface area contributed by atoms with Gasteiger partial charge in [0.25, 0.3) is 0 Å². The molecule has 0 spiro atoms. The van der Waals surface area contributed by atoms with Crippen molar-refractivity contribution in [3.05, 3.63) is 30.5 Å². The van der Waals surface area contributed by atoms with Gasteiger partial charge in [-0.3, -0.25) is 4.79 Å². The van der Waals surface area contributed by atoms with Crippen molar-refractivity contribution in [3.8, 4) is 5.75 Å². The average Bonchev–Trinajstić information content (AvgIpc) is 3.32. The predicted molar refractivity (Wildman–Crippen MR) is 142 cm³/mol. The van der Waals surface area contributed by atoms with E-state index in [2.05, 4.69) is 44.8 Å². The summed E-state index contributed by atoms with van der Waals surface area (Å²) in [6.07, 6.45) is 15.4. The minimum Gasteiger partial charge on any atom is -0.490 e. The molecule has 0 atom stereocenters. The predicted octanol–water partition coefficient (Wildman–Crippen LogP) is 5.41. The molecule has 1 aromatic heterocycles. The van der Waals surface area contributed by atoms with Crippen LogP contribution < -0.4 is 4.74 Å². The molecule has 196 valence electrons. The van der Waals surface area contributed by atoms with Gasteiger partial charge in [0.2, 0.25) is 5.91 Å². The third kappa shape index (κ3) is 5.04. The molecule has 2 saturated carbocycles. The van der Waals surface area contributed by atoms with E-state index < -0.39 is 0 Å². The zero-order valence-corrected chi connectivity index (χ0v) is 21.9. The van der Waals surface area contributed by atoms with Gasteiger partial charge in [-0.15, -0.1) is 0 Å². The van der Waals surface area contributed by atoms with Gasteiger partial charge in [-0.1, -0.05) is 6.42 Å². The second kappa shape index (κ2) is 10.7. The number of ether oxygens (including phenoxy) is 2. The Bertz CT molecular complexity index is 1020. The molecular formula is C30H43N3O3. The maximum atomic E-state index is 13.1. The van der Waals surface area contributed by atoms with E-state index in [4.69, 9.17) is 9.47 Å². The Morgan fingerprint density at radius 2 is 1.56 bits per heavy atom. The molecule has 0 N–H and O–H groups in total. The molecule has 1 aromatic carbocycles. The molecule has 3 heterocycles. The van der Waals surface area contributed by atoms with Crippen LogP contribution in [0.25, 0.3) is 10.9 Å². The second-order valence-corrected chi connectivity index (χ2v) is 11.6. The fourth-order valence-electron chi connectivity index (χ4n) is 7.01. The van der Waals surface area contributed by atoms with Crippen molar-refractivity contribution >= 4 is 16.8 Å². The van der Waals surface area contributed by atoms with Crippen molar-refractivity contribution in [2.75, 3.05) is 33.3 Å². The highest BCUT2D eigenvalue weighted by atomic mass is 16.5. The first-order valence-electron chi connectivity index (χ1n) is 14.5. The molecule has 4 fully saturated rings. The number of amides is 1. The van der Waals surface area contributed by atoms with E-state index in [0.717, 1.165) is 76.2 Å². The number of carbonyl (C=O) groups excluding carboxylic acids is 1. The summed E-state index contributed by atoms with van der Waals surface area (Å²) in [6.45, 7) is 4.11. The molecule has 0 radical (unpaired) electrons. The van der Waals surface area contributed by atoms with Crippen LogP contribution in [0.1, 0.15) is 76.7 Å². The maximum Gasteiger partial charge on any atom is 0.225 e. The SMILES string of the molecule is COC1CCC(C(=O)N2CCC(n3ccc4cc(OC5CCN(C6CCC6)CC5)ccc43)CC2)CC1. The lowest BCUT2D eigenvalue weighted by Crippen LogP contribution is -2.46. The van der Waals surface area contributed by atoms with Gasteiger partial charge < -0.3 is 23.8 Å². The minimum atomic E-state index is 0.198. The van der Waals surface area contributed by atoms with E-state index >= 15 is 0 Å². The molecule has 2 aliphatic carbocycles. The number of methoxy groups -OCH3 is 1. The van der Waals surface area contributed by atoms with Gasteiger partial charge in [-0.25, -0.2) is 0 Å². The van der Waals surface area contributed by atoms with Crippen LogP contribution in [0.2, 0.25) is 0 Å². The van der Waals surface area contributed by atoms with Crippen molar-refractivity contribution in [2.45, 2.75) is 94.9 Å². The van der Waals surface area contributed by atoms with Crippen molar-refractivity contribution in [1.82, 2.24) is 14.4 Å². The lowest BCUT2D eigenvalue weighted by atomic mass is 9.86.